The summed E-state index contributed by atoms with van der Waals surface area (Å²) in [6, 6.07) is 0. The van der Waals surface area contributed by atoms with Crippen LogP contribution in [-0.2, 0) is 0 Å². The van der Waals surface area contributed by atoms with Crippen molar-refractivity contribution < 1.29 is 0 Å². The Morgan fingerprint density at radius 1 is 1.12 bits per heavy atom. The minimum atomic E-state index is 0.461. The standard InChI is InChI=1S/C14H27NO/c1-12(2)7-5-8-13(3)9-6-10-14(4)11-15-16/h7,13-14H,5-6,8-11H2,1-4H3. The number of allylic oxidation sites excluding steroid dienone is 2. The quantitative estimate of drug-likeness (QED) is 0.403. The van der Waals surface area contributed by atoms with Gasteiger partial charge in [-0.05, 0) is 44.9 Å². The van der Waals surface area contributed by atoms with Gasteiger partial charge in [-0.2, -0.15) is 4.91 Å². The monoisotopic (exact) mass is 225 g/mol. The van der Waals surface area contributed by atoms with Crippen LogP contribution in [0.5, 0.6) is 0 Å². The fraction of sp³-hybridized carbons (Fsp3) is 0.857. The highest BCUT2D eigenvalue weighted by Crippen LogP contribution is 2.17. The molecule has 0 amide bonds. The van der Waals surface area contributed by atoms with E-state index in [-0.39, 0.29) is 0 Å². The molecule has 2 nitrogen and oxygen atoms in total. The van der Waals surface area contributed by atoms with Crippen molar-refractivity contribution in [3.63, 3.8) is 0 Å². The van der Waals surface area contributed by atoms with Crippen molar-refractivity contribution >= 4 is 0 Å². The molecule has 0 saturated heterocycles. The van der Waals surface area contributed by atoms with Gasteiger partial charge in [0.15, 0.2) is 0 Å². The minimum absolute atomic E-state index is 0.461. The van der Waals surface area contributed by atoms with Crippen LogP contribution in [-0.4, -0.2) is 6.54 Å². The van der Waals surface area contributed by atoms with Crippen LogP contribution >= 0.6 is 0 Å². The maximum Gasteiger partial charge on any atom is 0.0836 e. The van der Waals surface area contributed by atoms with Gasteiger partial charge in [-0.3, -0.25) is 0 Å². The summed E-state index contributed by atoms with van der Waals surface area (Å²) in [4.78, 5) is 10.1. The average molecular weight is 225 g/mol. The maximum atomic E-state index is 10.1. The average Bonchev–Trinajstić information content (AvgIpc) is 2.17. The highest BCUT2D eigenvalue weighted by atomic mass is 16.3. The van der Waals surface area contributed by atoms with Crippen LogP contribution in [0, 0.1) is 16.7 Å². The molecule has 0 heterocycles. The Hall–Kier alpha value is -0.660. The van der Waals surface area contributed by atoms with Gasteiger partial charge in [0.2, 0.25) is 0 Å². The summed E-state index contributed by atoms with van der Waals surface area (Å²) < 4.78 is 0. The van der Waals surface area contributed by atoms with Gasteiger partial charge in [0.05, 0.1) is 6.54 Å². The smallest absolute Gasteiger partial charge is 0.0836 e. The van der Waals surface area contributed by atoms with Crippen LogP contribution in [0.15, 0.2) is 16.8 Å². The molecule has 0 fully saturated rings. The van der Waals surface area contributed by atoms with E-state index in [1.807, 2.05) is 0 Å². The van der Waals surface area contributed by atoms with Crippen LogP contribution < -0.4 is 0 Å². The zero-order chi connectivity index (χ0) is 12.4. The van der Waals surface area contributed by atoms with E-state index in [4.69, 9.17) is 0 Å². The topological polar surface area (TPSA) is 29.4 Å². The Morgan fingerprint density at radius 3 is 2.31 bits per heavy atom. The maximum absolute atomic E-state index is 10.1. The normalized spacial score (nSPS) is 14.2. The molecule has 0 aromatic heterocycles. The third-order valence-electron chi connectivity index (χ3n) is 2.99. The van der Waals surface area contributed by atoms with Gasteiger partial charge in [0, 0.05) is 0 Å². The summed E-state index contributed by atoms with van der Waals surface area (Å²) in [6.07, 6.45) is 8.45. The molecule has 0 N–H and O–H groups in total. The Balaban J connectivity index is 3.46. The van der Waals surface area contributed by atoms with Crippen molar-refractivity contribution in [2.45, 2.75) is 59.8 Å². The molecule has 2 unspecified atom stereocenters. The van der Waals surface area contributed by atoms with Crippen molar-refractivity contribution in [1.82, 2.24) is 0 Å². The van der Waals surface area contributed by atoms with Crippen molar-refractivity contribution in [2.24, 2.45) is 17.0 Å². The van der Waals surface area contributed by atoms with Gasteiger partial charge < -0.3 is 0 Å². The van der Waals surface area contributed by atoms with Gasteiger partial charge in [0.1, 0.15) is 0 Å². The van der Waals surface area contributed by atoms with Gasteiger partial charge in [-0.1, -0.05) is 43.5 Å². The Labute approximate surface area is 100 Å². The van der Waals surface area contributed by atoms with E-state index in [2.05, 4.69) is 38.9 Å². The van der Waals surface area contributed by atoms with Gasteiger partial charge >= 0.3 is 0 Å². The lowest BCUT2D eigenvalue weighted by atomic mass is 9.95. The molecule has 0 aromatic rings. The lowest BCUT2D eigenvalue weighted by Gasteiger charge is -2.11. The predicted molar refractivity (Wildman–Crippen MR) is 71.5 cm³/mol. The highest BCUT2D eigenvalue weighted by molar-refractivity contribution is 4.92. The summed E-state index contributed by atoms with van der Waals surface area (Å²) >= 11 is 0. The van der Waals surface area contributed by atoms with Crippen molar-refractivity contribution in [3.05, 3.63) is 16.6 Å². The first-order valence-electron chi connectivity index (χ1n) is 6.48. The van der Waals surface area contributed by atoms with Crippen LogP contribution in [0.2, 0.25) is 0 Å². The molecule has 0 aliphatic carbocycles. The summed E-state index contributed by atoms with van der Waals surface area (Å²) in [5.41, 5.74) is 1.41. The van der Waals surface area contributed by atoms with E-state index in [1.54, 1.807) is 0 Å². The number of hydrogen-bond acceptors (Lipinski definition) is 2. The number of nitroso groups, excluding NO2 is 1. The lowest BCUT2D eigenvalue weighted by molar-refractivity contribution is 0.429. The first kappa shape index (κ1) is 15.3. The number of nitrogens with zero attached hydrogens (tertiary/aromatic N) is 1. The molecule has 0 aliphatic rings. The third kappa shape index (κ3) is 9.88. The fourth-order valence-electron chi connectivity index (χ4n) is 1.83. The second-order valence-electron chi connectivity index (χ2n) is 5.31. The molecule has 0 rings (SSSR count). The Bertz CT molecular complexity index is 207. The molecule has 2 heteroatoms. The van der Waals surface area contributed by atoms with E-state index in [0.29, 0.717) is 12.5 Å². The number of hydrogen-bond donors (Lipinski definition) is 0. The Morgan fingerprint density at radius 2 is 1.75 bits per heavy atom. The third-order valence-corrected chi connectivity index (χ3v) is 2.99. The van der Waals surface area contributed by atoms with E-state index in [1.165, 1.54) is 31.3 Å². The molecule has 16 heavy (non-hydrogen) atoms. The molecule has 0 radical (unpaired) electrons. The van der Waals surface area contributed by atoms with Crippen molar-refractivity contribution in [1.29, 1.82) is 0 Å². The fourth-order valence-corrected chi connectivity index (χ4v) is 1.83. The molecule has 94 valence electrons. The first-order chi connectivity index (χ1) is 7.56. The molecule has 0 aliphatic heterocycles. The van der Waals surface area contributed by atoms with E-state index in [0.717, 1.165) is 12.3 Å². The van der Waals surface area contributed by atoms with E-state index in [9.17, 15) is 4.91 Å². The minimum Gasteiger partial charge on any atom is -0.151 e. The lowest BCUT2D eigenvalue weighted by Crippen LogP contribution is -2.01. The molecule has 0 saturated carbocycles. The van der Waals surface area contributed by atoms with Crippen LogP contribution in [0.1, 0.15) is 59.8 Å². The summed E-state index contributed by atoms with van der Waals surface area (Å²) in [7, 11) is 0. The van der Waals surface area contributed by atoms with Gasteiger partial charge in [0.25, 0.3) is 0 Å². The second-order valence-corrected chi connectivity index (χ2v) is 5.31. The van der Waals surface area contributed by atoms with E-state index >= 15 is 0 Å². The van der Waals surface area contributed by atoms with Crippen molar-refractivity contribution in [2.75, 3.05) is 6.54 Å². The van der Waals surface area contributed by atoms with Crippen LogP contribution in [0.25, 0.3) is 0 Å². The first-order valence-corrected chi connectivity index (χ1v) is 6.48. The molecule has 2 atom stereocenters. The molecule has 0 bridgehead atoms. The SMILES string of the molecule is CC(C)=CCCC(C)CCCC(C)CN=O. The van der Waals surface area contributed by atoms with Gasteiger partial charge in [-0.15, -0.1) is 0 Å². The zero-order valence-corrected chi connectivity index (χ0v) is 11.3. The highest BCUT2D eigenvalue weighted by Gasteiger charge is 2.05. The summed E-state index contributed by atoms with van der Waals surface area (Å²) in [5.74, 6) is 1.26. The number of rotatable bonds is 9. The predicted octanol–water partition coefficient (Wildman–Crippen LogP) is 4.94. The second kappa shape index (κ2) is 9.56. The summed E-state index contributed by atoms with van der Waals surface area (Å²) in [5, 5.41) is 2.94. The van der Waals surface area contributed by atoms with Gasteiger partial charge in [-0.25, -0.2) is 0 Å². The molecular weight excluding hydrogens is 198 g/mol. The van der Waals surface area contributed by atoms with Crippen LogP contribution in [0.3, 0.4) is 0 Å². The molecular formula is C14H27NO. The Kier molecular flexibility index (Phi) is 9.16. The zero-order valence-electron chi connectivity index (χ0n) is 11.3. The molecule has 0 aromatic carbocycles. The van der Waals surface area contributed by atoms with E-state index < -0.39 is 0 Å². The molecule has 0 spiro atoms. The van der Waals surface area contributed by atoms with Crippen LogP contribution in [0.4, 0.5) is 0 Å². The van der Waals surface area contributed by atoms with Crippen molar-refractivity contribution in [3.8, 4) is 0 Å². The summed E-state index contributed by atoms with van der Waals surface area (Å²) in [6.45, 7) is 9.21. The largest absolute Gasteiger partial charge is 0.151 e.